The largest absolute Gasteiger partial charge is 1.00 e. The van der Waals surface area contributed by atoms with Crippen LogP contribution in [0, 0.1) is 0 Å². The fourth-order valence-corrected chi connectivity index (χ4v) is 0. The third-order valence-corrected chi connectivity index (χ3v) is 0. The van der Waals surface area contributed by atoms with Crippen molar-refractivity contribution in [3.05, 3.63) is 0 Å². The Balaban J connectivity index is 0. The second-order valence-corrected chi connectivity index (χ2v) is 0.671. The van der Waals surface area contributed by atoms with E-state index in [0.717, 1.165) is 0 Å². The van der Waals surface area contributed by atoms with Gasteiger partial charge in [0.1, 0.15) is 0 Å². The summed E-state index contributed by atoms with van der Waals surface area (Å²) in [6.07, 6.45) is 0. The van der Waals surface area contributed by atoms with E-state index in [0.29, 0.717) is 0 Å². The van der Waals surface area contributed by atoms with Gasteiger partial charge in [-0.05, 0) is 0 Å². The van der Waals surface area contributed by atoms with Gasteiger partial charge in [-0.1, -0.05) is 0 Å². The van der Waals surface area contributed by atoms with Crippen molar-refractivity contribution in [3.63, 3.8) is 0 Å². The van der Waals surface area contributed by atoms with E-state index in [2.05, 4.69) is 0 Å². The molecule has 0 aliphatic heterocycles. The van der Waals surface area contributed by atoms with E-state index in [1.807, 2.05) is 0 Å². The maximum absolute atomic E-state index is 8.48. The fourth-order valence-electron chi connectivity index (χ4n) is 0. The molecule has 0 bridgehead atoms. The Labute approximate surface area is 39.8 Å². The van der Waals surface area contributed by atoms with Crippen molar-refractivity contribution in [2.45, 2.75) is 0 Å². The molecule has 0 aromatic rings. The third-order valence-electron chi connectivity index (χ3n) is 0. The summed E-state index contributed by atoms with van der Waals surface area (Å²) in [5.74, 6) is 0. The van der Waals surface area contributed by atoms with Gasteiger partial charge in [0.25, 0.3) is 0 Å². The number of hydrogen-bond acceptors (Lipinski definition) is 3. The molecule has 0 radical (unpaired) electrons. The van der Waals surface area contributed by atoms with E-state index >= 15 is 0 Å². The SMILES string of the molecule is O=P(=O)[O-].[Cu+]. The van der Waals surface area contributed by atoms with Gasteiger partial charge in [0.15, 0.2) is 0 Å². The molecule has 3 nitrogen and oxygen atoms in total. The van der Waals surface area contributed by atoms with E-state index in [1.165, 1.54) is 0 Å². The van der Waals surface area contributed by atoms with Crippen LogP contribution in [0.1, 0.15) is 0 Å². The van der Waals surface area contributed by atoms with Crippen LogP contribution in [-0.4, -0.2) is 0 Å². The van der Waals surface area contributed by atoms with Crippen molar-refractivity contribution in [2.24, 2.45) is 0 Å². The molecule has 0 saturated heterocycles. The zero-order valence-electron chi connectivity index (χ0n) is 1.97. The van der Waals surface area contributed by atoms with E-state index in [9.17, 15) is 0 Å². The molecule has 0 aliphatic rings. The standard InChI is InChI=1S/Cu.HO3P/c;1-4(2)3/h;(H,1,2,3)/q+1;/p-1. The summed E-state index contributed by atoms with van der Waals surface area (Å²) in [5.41, 5.74) is 0. The van der Waals surface area contributed by atoms with Crippen LogP contribution in [-0.2, 0) is 26.2 Å². The van der Waals surface area contributed by atoms with E-state index in [4.69, 9.17) is 14.0 Å². The van der Waals surface area contributed by atoms with Gasteiger partial charge in [-0.25, -0.2) is 0 Å². The molecule has 0 aromatic carbocycles. The second-order valence-electron chi connectivity index (χ2n) is 0.224. The summed E-state index contributed by atoms with van der Waals surface area (Å²) >= 11 is 0. The topological polar surface area (TPSA) is 57.2 Å². The summed E-state index contributed by atoms with van der Waals surface area (Å²) < 4.78 is 17.0. The molecule has 0 spiro atoms. The van der Waals surface area contributed by atoms with Crippen LogP contribution in [0.3, 0.4) is 0 Å². The Hall–Kier alpha value is 0.379. The monoisotopic (exact) mass is 142 g/mol. The first-order valence-electron chi connectivity index (χ1n) is 0.548. The van der Waals surface area contributed by atoms with Crippen molar-refractivity contribution in [1.29, 1.82) is 0 Å². The maximum atomic E-state index is 8.48. The minimum Gasteiger partial charge on any atom is -0.744 e. The number of rotatable bonds is 0. The summed E-state index contributed by atoms with van der Waals surface area (Å²) in [6.45, 7) is 0. The molecule has 0 fully saturated rings. The van der Waals surface area contributed by atoms with Gasteiger partial charge >= 0.3 is 17.1 Å². The van der Waals surface area contributed by atoms with Crippen LogP contribution >= 0.6 is 7.91 Å². The molecule has 34 valence electrons. The predicted octanol–water partition coefficient (Wildman–Crippen LogP) is -0.568. The molecule has 0 aliphatic carbocycles. The van der Waals surface area contributed by atoms with Crippen LogP contribution in [0.2, 0.25) is 0 Å². The normalized spacial score (nSPS) is 5.00. The first-order valence-corrected chi connectivity index (χ1v) is 1.64. The number of hydrogen-bond donors (Lipinski definition) is 0. The molecule has 0 aromatic heterocycles. The first kappa shape index (κ1) is 9.03. The van der Waals surface area contributed by atoms with Crippen molar-refractivity contribution in [2.75, 3.05) is 0 Å². The molecule has 5 heteroatoms. The van der Waals surface area contributed by atoms with Crippen LogP contribution < -0.4 is 4.89 Å². The Morgan fingerprint density at radius 3 is 1.40 bits per heavy atom. The maximum Gasteiger partial charge on any atom is 1.00 e. The van der Waals surface area contributed by atoms with Gasteiger partial charge in [0.05, 0.1) is 0 Å². The van der Waals surface area contributed by atoms with Gasteiger partial charge in [-0.2, -0.15) is 0 Å². The summed E-state index contributed by atoms with van der Waals surface area (Å²) in [6, 6.07) is 0. The Morgan fingerprint density at radius 1 is 1.40 bits per heavy atom. The van der Waals surface area contributed by atoms with Crippen LogP contribution in [0.15, 0.2) is 0 Å². The molecule has 0 saturated carbocycles. The molecular weight excluding hydrogens is 143 g/mol. The summed E-state index contributed by atoms with van der Waals surface area (Å²) in [4.78, 5) is 8.48. The first-order chi connectivity index (χ1) is 1.73. The molecule has 0 unspecified atom stereocenters. The van der Waals surface area contributed by atoms with E-state index in [1.54, 1.807) is 0 Å². The average molecular weight is 143 g/mol. The molecule has 0 amide bonds. The van der Waals surface area contributed by atoms with Gasteiger partial charge < -0.3 is 4.89 Å². The van der Waals surface area contributed by atoms with Gasteiger partial charge in [0.2, 0.25) is 7.91 Å². The molecule has 0 rings (SSSR count). The fraction of sp³-hybridized carbons (Fsp3) is 0. The Bertz CT molecular complexity index is 55.3. The zero-order chi connectivity index (χ0) is 3.58. The van der Waals surface area contributed by atoms with Gasteiger partial charge in [-0.15, -0.1) is 0 Å². The third kappa shape index (κ3) is 172. The predicted molar refractivity (Wildman–Crippen MR) is 8.29 cm³/mol. The van der Waals surface area contributed by atoms with E-state index < -0.39 is 7.91 Å². The molecule has 0 N–H and O–H groups in total. The quantitative estimate of drug-likeness (QED) is 0.336. The van der Waals surface area contributed by atoms with Gasteiger partial charge in [-0.3, -0.25) is 9.13 Å². The molecule has 0 heterocycles. The van der Waals surface area contributed by atoms with Crippen LogP contribution in [0.4, 0.5) is 0 Å². The molecule has 0 atom stereocenters. The van der Waals surface area contributed by atoms with Gasteiger partial charge in [0, 0.05) is 0 Å². The van der Waals surface area contributed by atoms with Crippen molar-refractivity contribution >= 4 is 7.91 Å². The second kappa shape index (κ2) is 4.38. The van der Waals surface area contributed by atoms with Crippen molar-refractivity contribution < 1.29 is 31.1 Å². The van der Waals surface area contributed by atoms with Crippen molar-refractivity contribution in [1.82, 2.24) is 0 Å². The smallest absolute Gasteiger partial charge is 0.744 e. The van der Waals surface area contributed by atoms with Crippen LogP contribution in [0.5, 0.6) is 0 Å². The molecule has 5 heavy (non-hydrogen) atoms. The minimum atomic E-state index is -3.37. The van der Waals surface area contributed by atoms with Crippen LogP contribution in [0.25, 0.3) is 0 Å². The average Bonchev–Trinajstić information content (AvgIpc) is 0.811. The Kier molecular flexibility index (Phi) is 7.91. The minimum absolute atomic E-state index is 0. The zero-order valence-corrected chi connectivity index (χ0v) is 3.81. The summed E-state index contributed by atoms with van der Waals surface area (Å²) in [7, 11) is -3.37. The molecular formula is CuO3P. The Morgan fingerprint density at radius 2 is 1.40 bits per heavy atom. The summed E-state index contributed by atoms with van der Waals surface area (Å²) in [5, 5.41) is 0. The van der Waals surface area contributed by atoms with E-state index in [-0.39, 0.29) is 17.1 Å². The van der Waals surface area contributed by atoms with Crippen molar-refractivity contribution in [3.8, 4) is 0 Å².